The molecule has 0 saturated carbocycles. The summed E-state index contributed by atoms with van der Waals surface area (Å²) in [4.78, 5) is 0. The molecule has 1 heterocycles. The van der Waals surface area contributed by atoms with Crippen LogP contribution in [0.3, 0.4) is 0 Å². The Balaban J connectivity index is 2.27. The lowest BCUT2D eigenvalue weighted by Crippen LogP contribution is -2.05. The molecular weight excluding hydrogens is 162 g/mol. The Morgan fingerprint density at radius 1 is 1.31 bits per heavy atom. The van der Waals surface area contributed by atoms with Crippen LogP contribution < -0.4 is 5.73 Å². The monoisotopic (exact) mass is 174 g/mol. The van der Waals surface area contributed by atoms with Gasteiger partial charge in [0.2, 0.25) is 0 Å². The fourth-order valence-corrected chi connectivity index (χ4v) is 1.48. The zero-order valence-corrected chi connectivity index (χ0v) is 7.36. The lowest BCUT2D eigenvalue weighted by Gasteiger charge is -2.12. The second-order valence-electron chi connectivity index (χ2n) is 2.98. The molecule has 0 fully saturated rings. The van der Waals surface area contributed by atoms with E-state index < -0.39 is 0 Å². The Bertz CT molecular complexity index is 312. The molecule has 1 aliphatic heterocycles. The van der Waals surface area contributed by atoms with E-state index in [-0.39, 0.29) is 0 Å². The van der Waals surface area contributed by atoms with Crippen LogP contribution in [0, 0.1) is 6.10 Å². The van der Waals surface area contributed by atoms with Crippen LogP contribution in [0.4, 0.5) is 0 Å². The van der Waals surface area contributed by atoms with E-state index in [1.807, 2.05) is 30.3 Å². The predicted octanol–water partition coefficient (Wildman–Crippen LogP) is 1.96. The molecule has 0 atom stereocenters. The standard InChI is InChI=1S/C11H12NO/c12-8-9-4-1-2-5-10(9)11-6-3-7-13-11/h1-5,7H,6,8,12H2. The van der Waals surface area contributed by atoms with Gasteiger partial charge in [0.25, 0.3) is 0 Å². The summed E-state index contributed by atoms with van der Waals surface area (Å²) in [6, 6.07) is 8.08. The van der Waals surface area contributed by atoms with Gasteiger partial charge >= 0.3 is 0 Å². The number of nitrogens with two attached hydrogens (primary N) is 1. The third-order valence-corrected chi connectivity index (χ3v) is 2.15. The summed E-state index contributed by atoms with van der Waals surface area (Å²) >= 11 is 0. The van der Waals surface area contributed by atoms with E-state index >= 15 is 0 Å². The number of hydrogen-bond donors (Lipinski definition) is 1. The minimum atomic E-state index is 0.559. The highest BCUT2D eigenvalue weighted by Gasteiger charge is 2.18. The molecule has 0 spiro atoms. The van der Waals surface area contributed by atoms with E-state index in [9.17, 15) is 0 Å². The molecule has 0 bridgehead atoms. The molecule has 2 heteroatoms. The molecule has 1 aliphatic rings. The maximum atomic E-state index is 5.63. The van der Waals surface area contributed by atoms with Crippen molar-refractivity contribution in [3.63, 3.8) is 0 Å². The van der Waals surface area contributed by atoms with Gasteiger partial charge in [-0.25, -0.2) is 0 Å². The van der Waals surface area contributed by atoms with Gasteiger partial charge in [0.05, 0.1) is 6.26 Å². The molecule has 0 unspecified atom stereocenters. The van der Waals surface area contributed by atoms with Crippen molar-refractivity contribution in [1.29, 1.82) is 0 Å². The molecule has 0 aromatic heterocycles. The van der Waals surface area contributed by atoms with Gasteiger partial charge in [0.1, 0.15) is 0 Å². The molecule has 0 aliphatic carbocycles. The van der Waals surface area contributed by atoms with Crippen LogP contribution in [0.15, 0.2) is 36.6 Å². The van der Waals surface area contributed by atoms with Crippen LogP contribution in [0.1, 0.15) is 17.5 Å². The molecule has 1 radical (unpaired) electrons. The van der Waals surface area contributed by atoms with E-state index in [0.29, 0.717) is 6.54 Å². The van der Waals surface area contributed by atoms with Crippen molar-refractivity contribution < 1.29 is 4.74 Å². The molecule has 0 saturated heterocycles. The van der Waals surface area contributed by atoms with Crippen molar-refractivity contribution >= 4 is 0 Å². The van der Waals surface area contributed by atoms with Gasteiger partial charge in [-0.15, -0.1) is 0 Å². The summed E-state index contributed by atoms with van der Waals surface area (Å²) < 4.78 is 5.36. The van der Waals surface area contributed by atoms with E-state index in [2.05, 4.69) is 0 Å². The maximum Gasteiger partial charge on any atom is 0.181 e. The smallest absolute Gasteiger partial charge is 0.181 e. The summed E-state index contributed by atoms with van der Waals surface area (Å²) in [5, 5.41) is 0. The van der Waals surface area contributed by atoms with Gasteiger partial charge in [0.15, 0.2) is 6.10 Å². The highest BCUT2D eigenvalue weighted by Crippen LogP contribution is 2.27. The largest absolute Gasteiger partial charge is 0.486 e. The van der Waals surface area contributed by atoms with E-state index in [4.69, 9.17) is 10.5 Å². The van der Waals surface area contributed by atoms with Crippen LogP contribution in [-0.2, 0) is 11.3 Å². The van der Waals surface area contributed by atoms with Gasteiger partial charge < -0.3 is 10.5 Å². The fraction of sp³-hybridized carbons (Fsp3) is 0.182. The lowest BCUT2D eigenvalue weighted by atomic mass is 10.0. The van der Waals surface area contributed by atoms with E-state index in [1.165, 1.54) is 0 Å². The second-order valence-corrected chi connectivity index (χ2v) is 2.98. The molecular formula is C11H12NO. The number of ether oxygens (including phenoxy) is 1. The summed E-state index contributed by atoms with van der Waals surface area (Å²) in [5.74, 6) is 0. The van der Waals surface area contributed by atoms with Gasteiger partial charge in [-0.05, 0) is 11.6 Å². The first-order chi connectivity index (χ1) is 6.42. The number of benzene rings is 1. The first-order valence-corrected chi connectivity index (χ1v) is 4.37. The molecule has 2 nitrogen and oxygen atoms in total. The average molecular weight is 174 g/mol. The van der Waals surface area contributed by atoms with Gasteiger partial charge in [0, 0.05) is 18.5 Å². The summed E-state index contributed by atoms with van der Waals surface area (Å²) in [6.07, 6.45) is 5.60. The maximum absolute atomic E-state index is 5.63. The minimum Gasteiger partial charge on any atom is -0.486 e. The summed E-state index contributed by atoms with van der Waals surface area (Å²) in [6.45, 7) is 0.559. The van der Waals surface area contributed by atoms with Crippen molar-refractivity contribution in [3.8, 4) is 0 Å². The molecule has 2 rings (SSSR count). The van der Waals surface area contributed by atoms with E-state index in [1.54, 1.807) is 6.26 Å². The molecule has 2 N–H and O–H groups in total. The van der Waals surface area contributed by atoms with Gasteiger partial charge in [-0.2, -0.15) is 0 Å². The normalized spacial score (nSPS) is 16.1. The molecule has 13 heavy (non-hydrogen) atoms. The van der Waals surface area contributed by atoms with Crippen molar-refractivity contribution in [2.45, 2.75) is 13.0 Å². The molecule has 1 aromatic carbocycles. The average Bonchev–Trinajstić information content (AvgIpc) is 2.70. The van der Waals surface area contributed by atoms with Crippen molar-refractivity contribution in [3.05, 3.63) is 53.8 Å². The molecule has 1 aromatic rings. The molecule has 0 amide bonds. The highest BCUT2D eigenvalue weighted by atomic mass is 16.5. The van der Waals surface area contributed by atoms with Crippen molar-refractivity contribution in [2.75, 3.05) is 0 Å². The zero-order chi connectivity index (χ0) is 9.10. The Kier molecular flexibility index (Phi) is 2.32. The summed E-state index contributed by atoms with van der Waals surface area (Å²) in [5.41, 5.74) is 7.90. The van der Waals surface area contributed by atoms with Crippen LogP contribution >= 0.6 is 0 Å². The Morgan fingerprint density at radius 3 is 2.85 bits per heavy atom. The van der Waals surface area contributed by atoms with E-state index in [0.717, 1.165) is 23.7 Å². The first kappa shape index (κ1) is 8.32. The van der Waals surface area contributed by atoms with Crippen molar-refractivity contribution in [2.24, 2.45) is 5.73 Å². The number of rotatable bonds is 2. The molecule has 67 valence electrons. The SMILES string of the molecule is NCc1ccccc1[C]1CC=CO1. The highest BCUT2D eigenvalue weighted by molar-refractivity contribution is 5.37. The van der Waals surface area contributed by atoms with Gasteiger partial charge in [-0.1, -0.05) is 24.3 Å². The third-order valence-electron chi connectivity index (χ3n) is 2.15. The Labute approximate surface area is 78.0 Å². The van der Waals surface area contributed by atoms with Crippen LogP contribution in [-0.4, -0.2) is 0 Å². The first-order valence-electron chi connectivity index (χ1n) is 4.37. The zero-order valence-electron chi connectivity index (χ0n) is 7.36. The predicted molar refractivity (Wildman–Crippen MR) is 51.5 cm³/mol. The minimum absolute atomic E-state index is 0.559. The summed E-state index contributed by atoms with van der Waals surface area (Å²) in [7, 11) is 0. The Hall–Kier alpha value is -1.28. The van der Waals surface area contributed by atoms with Crippen LogP contribution in [0.2, 0.25) is 0 Å². The fourth-order valence-electron chi connectivity index (χ4n) is 1.48. The Morgan fingerprint density at radius 2 is 2.15 bits per heavy atom. The van der Waals surface area contributed by atoms with Gasteiger partial charge in [-0.3, -0.25) is 0 Å². The quantitative estimate of drug-likeness (QED) is 0.743. The van der Waals surface area contributed by atoms with Crippen molar-refractivity contribution in [1.82, 2.24) is 0 Å². The lowest BCUT2D eigenvalue weighted by molar-refractivity contribution is 0.302. The topological polar surface area (TPSA) is 35.2 Å². The third kappa shape index (κ3) is 1.58. The van der Waals surface area contributed by atoms with Crippen LogP contribution in [0.5, 0.6) is 0 Å². The van der Waals surface area contributed by atoms with Crippen LogP contribution in [0.25, 0.3) is 0 Å². The number of hydrogen-bond acceptors (Lipinski definition) is 2. The second kappa shape index (κ2) is 3.62.